The van der Waals surface area contributed by atoms with E-state index >= 15 is 0 Å². The summed E-state index contributed by atoms with van der Waals surface area (Å²) in [6.45, 7) is 5.84. The molecule has 1 saturated carbocycles. The van der Waals surface area contributed by atoms with Crippen LogP contribution in [0.4, 0.5) is 15.9 Å². The van der Waals surface area contributed by atoms with Crippen molar-refractivity contribution in [1.82, 2.24) is 30.6 Å². The molecule has 63 heavy (non-hydrogen) atoms. The first kappa shape index (κ1) is 42.5. The number of fused-ring (bicyclic) bond motifs is 3. The highest BCUT2D eigenvalue weighted by Crippen LogP contribution is 2.36. The number of ether oxygens (including phenoxy) is 2. The first-order valence-electron chi connectivity index (χ1n) is 22.2. The number of hydrogen-bond donors (Lipinski definition) is 5. The van der Waals surface area contributed by atoms with Crippen LogP contribution >= 0.6 is 0 Å². The van der Waals surface area contributed by atoms with E-state index in [1.54, 1.807) is 30.5 Å². The quantitative estimate of drug-likeness (QED) is 0.0771. The van der Waals surface area contributed by atoms with Crippen molar-refractivity contribution in [2.45, 2.75) is 95.3 Å². The number of aromatic nitrogens is 2. The number of rotatable bonds is 12. The Kier molecular flexibility index (Phi) is 12.2. The van der Waals surface area contributed by atoms with E-state index in [1.807, 2.05) is 13.0 Å². The van der Waals surface area contributed by atoms with Gasteiger partial charge in [0.25, 0.3) is 17.7 Å². The molecule has 6 heterocycles. The Balaban J connectivity index is 0.732. The van der Waals surface area contributed by atoms with E-state index in [9.17, 15) is 28.7 Å². The van der Waals surface area contributed by atoms with Crippen molar-refractivity contribution >= 4 is 56.9 Å². The predicted octanol–water partition coefficient (Wildman–Crippen LogP) is 4.14. The molecule has 3 saturated heterocycles. The molecule has 0 bridgehead atoms. The first-order chi connectivity index (χ1) is 30.6. The Labute approximate surface area is 363 Å². The largest absolute Gasteiger partial charge is 0.475 e. The number of aliphatic hydroxyl groups excluding tert-OH is 1. The molecule has 4 amide bonds. The number of carbonyl (C=O) groups is 4. The zero-order valence-corrected chi connectivity index (χ0v) is 35.2. The number of nitrogens with one attached hydrogen (secondary N) is 3. The highest BCUT2D eigenvalue weighted by atomic mass is 19.1. The maximum atomic E-state index is 14.4. The fraction of sp³-hybridized carbons (Fsp3) is 0.522. The number of benzene rings is 2. The van der Waals surface area contributed by atoms with Crippen molar-refractivity contribution < 1.29 is 42.7 Å². The molecule has 6 N–H and O–H groups in total. The van der Waals surface area contributed by atoms with E-state index in [0.717, 1.165) is 74.0 Å². The summed E-state index contributed by atoms with van der Waals surface area (Å²) in [6.07, 6.45) is 5.96. The molecule has 4 aliphatic heterocycles. The monoisotopic (exact) mass is 864 g/mol. The molecule has 5 atom stereocenters. The predicted molar refractivity (Wildman–Crippen MR) is 230 cm³/mol. The lowest BCUT2D eigenvalue weighted by Crippen LogP contribution is -2.57. The zero-order valence-electron chi connectivity index (χ0n) is 35.2. The molecule has 1 aliphatic carbocycles. The van der Waals surface area contributed by atoms with Gasteiger partial charge in [0, 0.05) is 67.1 Å². The standard InChI is InChI=1S/C46H53FN8O8/c1-2-29-35(51-43(58)40(29)47)24-62-44-32-21-37-33(41(48)53-63-37)20-31(32)27(22-50-44)11-10-25-6-8-26(9-7-25)23-54-17-14-28(15-18-54)61-19-16-49-34-5-3-4-30-39(34)46(60)55(45(30)59)36-12-13-38(56)52-42(36)57/h3-5,20-22,25-26,28-29,35-36,40,42,49,57H,2,6-9,12-19,23-24H2,1H3,(H2,48,53)(H,51,58)(H,52,56)/t25?,26?,29-,35+,36?,40-,42?/m0/s1. The number of halogens is 1. The van der Waals surface area contributed by atoms with Gasteiger partial charge in [-0.1, -0.05) is 30.0 Å². The Morgan fingerprint density at radius 1 is 1.02 bits per heavy atom. The number of anilines is 2. The van der Waals surface area contributed by atoms with Crippen LogP contribution in [-0.2, 0) is 14.3 Å². The number of likely N-dealkylation sites (tertiary alicyclic amines) is 1. The second-order valence-corrected chi connectivity index (χ2v) is 17.5. The normalized spacial score (nSPS) is 26.7. The van der Waals surface area contributed by atoms with E-state index in [1.165, 1.54) is 0 Å². The Morgan fingerprint density at radius 3 is 2.60 bits per heavy atom. The number of pyridine rings is 1. The van der Waals surface area contributed by atoms with E-state index in [4.69, 9.17) is 19.7 Å². The third-order valence-corrected chi connectivity index (χ3v) is 13.5. The van der Waals surface area contributed by atoms with Gasteiger partial charge in [0.2, 0.25) is 11.8 Å². The van der Waals surface area contributed by atoms with Crippen LogP contribution in [0.5, 0.6) is 5.88 Å². The minimum absolute atomic E-state index is 0.0775. The number of piperidine rings is 2. The van der Waals surface area contributed by atoms with Gasteiger partial charge >= 0.3 is 0 Å². The van der Waals surface area contributed by atoms with Gasteiger partial charge in [0.05, 0.1) is 46.9 Å². The average Bonchev–Trinajstić information content (AvgIpc) is 3.88. The summed E-state index contributed by atoms with van der Waals surface area (Å²) < 4.78 is 32.2. The smallest absolute Gasteiger partial charge is 0.264 e. The lowest BCUT2D eigenvalue weighted by molar-refractivity contribution is -0.129. The van der Waals surface area contributed by atoms with Crippen LogP contribution < -0.4 is 26.4 Å². The first-order valence-corrected chi connectivity index (χ1v) is 22.2. The summed E-state index contributed by atoms with van der Waals surface area (Å²) in [5, 5.41) is 24.9. The maximum absolute atomic E-state index is 14.4. The number of alkyl halides is 1. The van der Waals surface area contributed by atoms with Crippen LogP contribution in [0.3, 0.4) is 0 Å². The van der Waals surface area contributed by atoms with Crippen LogP contribution in [0.15, 0.2) is 41.1 Å². The Bertz CT molecular complexity index is 2470. The fourth-order valence-corrected chi connectivity index (χ4v) is 9.97. The Hall–Kier alpha value is -5.83. The number of amides is 4. The molecule has 4 fully saturated rings. The van der Waals surface area contributed by atoms with Crippen LogP contribution in [0.1, 0.15) is 91.0 Å². The van der Waals surface area contributed by atoms with Crippen molar-refractivity contribution in [2.75, 3.05) is 50.4 Å². The van der Waals surface area contributed by atoms with E-state index in [0.29, 0.717) is 53.4 Å². The van der Waals surface area contributed by atoms with Crippen LogP contribution in [0.25, 0.3) is 21.7 Å². The molecular formula is C46H53FN8O8. The zero-order chi connectivity index (χ0) is 43.8. The second kappa shape index (κ2) is 18.1. The molecule has 16 nitrogen and oxygen atoms in total. The maximum Gasteiger partial charge on any atom is 0.264 e. The van der Waals surface area contributed by atoms with Crippen molar-refractivity contribution in [3.8, 4) is 17.7 Å². The van der Waals surface area contributed by atoms with E-state index in [-0.39, 0.29) is 54.3 Å². The fourth-order valence-electron chi connectivity index (χ4n) is 9.97. The second-order valence-electron chi connectivity index (χ2n) is 17.5. The van der Waals surface area contributed by atoms with Gasteiger partial charge in [-0.15, -0.1) is 0 Å². The Morgan fingerprint density at radius 2 is 1.83 bits per heavy atom. The van der Waals surface area contributed by atoms with Gasteiger partial charge in [-0.3, -0.25) is 24.1 Å². The lowest BCUT2D eigenvalue weighted by atomic mass is 9.81. The third-order valence-electron chi connectivity index (χ3n) is 13.5. The van der Waals surface area contributed by atoms with Crippen molar-refractivity contribution in [2.24, 2.45) is 17.8 Å². The molecule has 5 aliphatic rings. The number of nitrogen functional groups attached to an aromatic ring is 1. The van der Waals surface area contributed by atoms with Gasteiger partial charge in [0.1, 0.15) is 12.8 Å². The summed E-state index contributed by atoms with van der Waals surface area (Å²) in [5.41, 5.74) is 8.45. The number of imide groups is 1. The highest BCUT2D eigenvalue weighted by molar-refractivity contribution is 6.24. The molecular weight excluding hydrogens is 812 g/mol. The van der Waals surface area contributed by atoms with Gasteiger partial charge < -0.3 is 45.7 Å². The SMILES string of the molecule is CC[C@@H]1[C@H](F)C(=O)N[C@@H]1COc1ncc(C#CC2CCC(CN3CCC(OCCNc4cccc5c4C(=O)N(C4CCC(=O)NC4O)C5=O)CC3)CC2)c2cc3c(N)noc3cc12. The molecule has 2 aromatic carbocycles. The molecule has 17 heteroatoms. The molecule has 9 rings (SSSR count). The van der Waals surface area contributed by atoms with E-state index in [2.05, 4.69) is 42.8 Å². The summed E-state index contributed by atoms with van der Waals surface area (Å²) in [4.78, 5) is 58.6. The number of aliphatic hydroxyl groups is 1. The molecule has 4 aromatic rings. The van der Waals surface area contributed by atoms with Gasteiger partial charge in [-0.25, -0.2) is 9.37 Å². The molecule has 2 unspecified atom stereocenters. The third kappa shape index (κ3) is 8.63. The summed E-state index contributed by atoms with van der Waals surface area (Å²) >= 11 is 0. The molecule has 332 valence electrons. The topological polar surface area (TPSA) is 214 Å². The van der Waals surface area contributed by atoms with Crippen molar-refractivity contribution in [3.63, 3.8) is 0 Å². The molecule has 2 aromatic heterocycles. The van der Waals surface area contributed by atoms with Crippen LogP contribution in [0, 0.1) is 29.6 Å². The lowest BCUT2D eigenvalue weighted by Gasteiger charge is -2.36. The van der Waals surface area contributed by atoms with Gasteiger partial charge in [0.15, 0.2) is 17.6 Å². The number of nitrogens with zero attached hydrogens (tertiary/aromatic N) is 4. The minimum atomic E-state index is -1.56. The van der Waals surface area contributed by atoms with Gasteiger partial charge in [-0.2, -0.15) is 0 Å². The summed E-state index contributed by atoms with van der Waals surface area (Å²) in [5.74, 6) is 6.07. The summed E-state index contributed by atoms with van der Waals surface area (Å²) in [6, 6.07) is 7.51. The molecule has 0 spiro atoms. The molecule has 0 radical (unpaired) electrons. The van der Waals surface area contributed by atoms with Crippen LogP contribution in [-0.4, -0.2) is 119 Å². The number of carbonyl (C=O) groups excluding carboxylic acids is 4. The van der Waals surface area contributed by atoms with Crippen LogP contribution in [0.2, 0.25) is 0 Å². The van der Waals surface area contributed by atoms with Crippen molar-refractivity contribution in [3.05, 3.63) is 53.2 Å². The summed E-state index contributed by atoms with van der Waals surface area (Å²) in [7, 11) is 0. The average molecular weight is 865 g/mol. The highest BCUT2D eigenvalue weighted by Gasteiger charge is 2.46. The minimum Gasteiger partial charge on any atom is -0.475 e. The number of hydrogen-bond acceptors (Lipinski definition) is 13. The van der Waals surface area contributed by atoms with E-state index < -0.39 is 48.1 Å². The van der Waals surface area contributed by atoms with Gasteiger partial charge in [-0.05, 0) is 81.5 Å². The number of nitrogens with two attached hydrogens (primary N) is 1. The van der Waals surface area contributed by atoms with Crippen molar-refractivity contribution in [1.29, 1.82) is 0 Å².